The summed E-state index contributed by atoms with van der Waals surface area (Å²) in [4.78, 5) is 78.4. The molecule has 4 N–H and O–H groups in total. The molecule has 3 aromatic carbocycles. The number of nitrogens with zero attached hydrogens (tertiary/aromatic N) is 2. The van der Waals surface area contributed by atoms with Crippen molar-refractivity contribution in [2.24, 2.45) is 8.73 Å². The van der Waals surface area contributed by atoms with Gasteiger partial charge >= 0.3 is 12.2 Å². The maximum atomic E-state index is 13.3. The van der Waals surface area contributed by atoms with Gasteiger partial charge in [0.2, 0.25) is 11.8 Å². The van der Waals surface area contributed by atoms with Crippen molar-refractivity contribution in [3.8, 4) is 0 Å². The minimum Gasteiger partial charge on any atom is -0.444 e. The third-order valence-corrected chi connectivity index (χ3v) is 9.36. The Bertz CT molecular complexity index is 1800. The lowest BCUT2D eigenvalue weighted by Crippen LogP contribution is -2.50. The van der Waals surface area contributed by atoms with Gasteiger partial charge in [-0.25, -0.2) is 9.59 Å². The van der Waals surface area contributed by atoms with Crippen LogP contribution in [0.25, 0.3) is 0 Å². The summed E-state index contributed by atoms with van der Waals surface area (Å²) >= 11 is 0. The molecule has 0 heterocycles. The van der Waals surface area contributed by atoms with Gasteiger partial charge in [-0.15, -0.1) is 0 Å². The first kappa shape index (κ1) is 43.8. The highest BCUT2D eigenvalue weighted by Crippen LogP contribution is 2.13. The number of amides is 6. The molecule has 0 aromatic heterocycles. The van der Waals surface area contributed by atoms with Crippen LogP contribution in [-0.4, -0.2) is 78.4 Å². The zero-order chi connectivity index (χ0) is 40.6. The van der Waals surface area contributed by atoms with Gasteiger partial charge in [0.15, 0.2) is 0 Å². The molecule has 2 atom stereocenters. The molecular weight excluding hydrogens is 725 g/mol. The molecule has 0 saturated heterocycles. The lowest BCUT2D eigenvalue weighted by atomic mass is 10.1. The molecule has 0 aliphatic rings. The standard InChI is InChI=1S/C40H52N6O8S/c1-39(2,3)53-37(51)43-31(23-28-17-11-8-12-18-28)35(49)41-25-33(47)45-55(7,27-30-21-15-10-16-22-30)46-34(48)26-42-36(50)32(24-29-19-13-9-14-20-29)44-38(52)54-40(4,5)6/h8-22,31-32H,23-27H2,1-7H3,(H,41,49)(H,42,50)(H,43,51)(H,44,52)/t31-,32-/m0/s1. The lowest BCUT2D eigenvalue weighted by Gasteiger charge is -2.23. The lowest BCUT2D eigenvalue weighted by molar-refractivity contribution is -0.126. The van der Waals surface area contributed by atoms with E-state index in [0.717, 1.165) is 16.7 Å². The zero-order valence-electron chi connectivity index (χ0n) is 32.4. The van der Waals surface area contributed by atoms with E-state index in [1.165, 1.54) is 0 Å². The smallest absolute Gasteiger partial charge is 0.408 e. The summed E-state index contributed by atoms with van der Waals surface area (Å²) in [5.41, 5.74) is 0.694. The molecule has 0 unspecified atom stereocenters. The molecule has 0 fully saturated rings. The second-order valence-corrected chi connectivity index (χ2v) is 17.4. The van der Waals surface area contributed by atoms with Crippen LogP contribution in [0, 0.1) is 0 Å². The van der Waals surface area contributed by atoms with E-state index in [4.69, 9.17) is 9.47 Å². The van der Waals surface area contributed by atoms with Crippen molar-refractivity contribution in [2.45, 2.75) is 83.4 Å². The zero-order valence-corrected chi connectivity index (χ0v) is 33.2. The summed E-state index contributed by atoms with van der Waals surface area (Å²) in [7, 11) is -2.73. The molecule has 296 valence electrons. The van der Waals surface area contributed by atoms with Crippen LogP contribution in [0.3, 0.4) is 0 Å². The molecular formula is C40H52N6O8S. The van der Waals surface area contributed by atoms with E-state index in [-0.39, 0.29) is 18.6 Å². The SMILES string of the molecule is CC(C)(C)OC(=O)N[C@@H](Cc1ccccc1)C(=O)NCC(=O)N=S(C)(Cc1ccccc1)=NC(=O)CNC(=O)[C@H](Cc1ccccc1)NC(=O)OC(C)(C)C. The van der Waals surface area contributed by atoms with Crippen molar-refractivity contribution in [2.75, 3.05) is 19.3 Å². The number of alkyl carbamates (subject to hydrolysis) is 2. The Balaban J connectivity index is 1.79. The van der Waals surface area contributed by atoms with Crippen LogP contribution in [0.5, 0.6) is 0 Å². The number of rotatable bonds is 14. The van der Waals surface area contributed by atoms with Crippen molar-refractivity contribution in [1.82, 2.24) is 21.3 Å². The van der Waals surface area contributed by atoms with Crippen molar-refractivity contribution < 1.29 is 38.2 Å². The number of carbonyl (C=O) groups is 6. The number of carbonyl (C=O) groups excluding carboxylic acids is 6. The normalized spacial score (nSPS) is 12.6. The monoisotopic (exact) mass is 776 g/mol. The minimum atomic E-state index is -2.73. The van der Waals surface area contributed by atoms with Crippen LogP contribution in [-0.2, 0) is 56.9 Å². The Labute approximate surface area is 323 Å². The quantitative estimate of drug-likeness (QED) is 0.178. The third kappa shape index (κ3) is 17.4. The summed E-state index contributed by atoms with van der Waals surface area (Å²) < 4.78 is 19.3. The Morgan fingerprint density at radius 3 is 1.22 bits per heavy atom. The molecule has 15 heteroatoms. The van der Waals surface area contributed by atoms with E-state index in [0.29, 0.717) is 0 Å². The second kappa shape index (κ2) is 20.2. The van der Waals surface area contributed by atoms with Crippen LogP contribution in [0.15, 0.2) is 99.7 Å². The number of ether oxygens (including phenoxy) is 2. The predicted molar refractivity (Wildman–Crippen MR) is 211 cm³/mol. The number of nitrogens with one attached hydrogen (secondary N) is 4. The minimum absolute atomic E-state index is 0.126. The summed E-state index contributed by atoms with van der Waals surface area (Å²) in [6.07, 6.45) is 0.239. The molecule has 14 nitrogen and oxygen atoms in total. The van der Waals surface area contributed by atoms with Crippen molar-refractivity contribution in [3.05, 3.63) is 108 Å². The maximum absolute atomic E-state index is 13.3. The molecule has 3 aromatic rings. The molecule has 55 heavy (non-hydrogen) atoms. The van der Waals surface area contributed by atoms with Gasteiger partial charge in [-0.05, 0) is 67.9 Å². The number of hydrogen-bond acceptors (Lipinski definition) is 8. The van der Waals surface area contributed by atoms with Crippen LogP contribution < -0.4 is 21.3 Å². The predicted octanol–water partition coefficient (Wildman–Crippen LogP) is 4.90. The molecule has 6 amide bonds. The topological polar surface area (TPSA) is 194 Å². The Morgan fingerprint density at radius 1 is 0.564 bits per heavy atom. The molecule has 0 aliphatic carbocycles. The van der Waals surface area contributed by atoms with Crippen molar-refractivity contribution in [1.29, 1.82) is 0 Å². The molecule has 3 rings (SSSR count). The fourth-order valence-electron chi connectivity index (χ4n) is 5.07. The molecule has 0 aliphatic heterocycles. The number of hydrogen-bond donors (Lipinski definition) is 4. The fourth-order valence-corrected chi connectivity index (χ4v) is 7.07. The van der Waals surface area contributed by atoms with E-state index < -0.39 is 81.8 Å². The molecule has 0 bridgehead atoms. The second-order valence-electron chi connectivity index (χ2n) is 14.8. The van der Waals surface area contributed by atoms with Gasteiger partial charge in [-0.3, -0.25) is 19.2 Å². The first-order chi connectivity index (χ1) is 25.8. The van der Waals surface area contributed by atoms with E-state index >= 15 is 0 Å². The largest absolute Gasteiger partial charge is 0.444 e. The maximum Gasteiger partial charge on any atom is 0.408 e. The van der Waals surface area contributed by atoms with Gasteiger partial charge in [-0.2, -0.15) is 8.73 Å². The van der Waals surface area contributed by atoms with Crippen LogP contribution in [0.4, 0.5) is 9.59 Å². The van der Waals surface area contributed by atoms with E-state index in [2.05, 4.69) is 30.0 Å². The molecule has 0 radical (unpaired) electrons. The average molecular weight is 777 g/mol. The van der Waals surface area contributed by atoms with Gasteiger partial charge in [0.1, 0.15) is 23.3 Å². The molecule has 0 saturated carbocycles. The van der Waals surface area contributed by atoms with Gasteiger partial charge in [0.05, 0.1) is 13.1 Å². The van der Waals surface area contributed by atoms with E-state index in [1.807, 2.05) is 30.3 Å². The molecule has 0 spiro atoms. The van der Waals surface area contributed by atoms with E-state index in [1.54, 1.807) is 108 Å². The fraction of sp³-hybridized carbons (Fsp3) is 0.400. The Hall–Kier alpha value is -5.57. The third-order valence-electron chi connectivity index (χ3n) is 7.29. The highest BCUT2D eigenvalue weighted by atomic mass is 32.2. The summed E-state index contributed by atoms with van der Waals surface area (Å²) in [6, 6.07) is 25.0. The van der Waals surface area contributed by atoms with Crippen LogP contribution in [0.1, 0.15) is 58.2 Å². The summed E-state index contributed by atoms with van der Waals surface area (Å²) in [5, 5.41) is 10.2. The first-order valence-corrected chi connectivity index (χ1v) is 19.9. The van der Waals surface area contributed by atoms with Crippen molar-refractivity contribution in [3.63, 3.8) is 0 Å². The van der Waals surface area contributed by atoms with Gasteiger partial charge in [0, 0.05) is 24.9 Å². The van der Waals surface area contributed by atoms with Gasteiger partial charge in [0.25, 0.3) is 11.8 Å². The van der Waals surface area contributed by atoms with Gasteiger partial charge in [-0.1, -0.05) is 91.0 Å². The Kier molecular flexibility index (Phi) is 16.1. The van der Waals surface area contributed by atoms with Crippen molar-refractivity contribution >= 4 is 45.4 Å². The van der Waals surface area contributed by atoms with Gasteiger partial charge < -0.3 is 30.7 Å². The highest BCUT2D eigenvalue weighted by Gasteiger charge is 2.27. The average Bonchev–Trinajstić information content (AvgIpc) is 3.08. The highest BCUT2D eigenvalue weighted by molar-refractivity contribution is 7.94. The first-order valence-electron chi connectivity index (χ1n) is 17.7. The van der Waals surface area contributed by atoms with Crippen LogP contribution >= 0.6 is 0 Å². The Morgan fingerprint density at radius 2 is 0.891 bits per heavy atom. The summed E-state index contributed by atoms with van der Waals surface area (Å²) in [5.74, 6) is -2.65. The van der Waals surface area contributed by atoms with Crippen LogP contribution in [0.2, 0.25) is 0 Å². The number of benzene rings is 3. The van der Waals surface area contributed by atoms with E-state index in [9.17, 15) is 28.8 Å². The summed E-state index contributed by atoms with van der Waals surface area (Å²) in [6.45, 7) is 9.13.